The summed E-state index contributed by atoms with van der Waals surface area (Å²) in [6.07, 6.45) is 0.701. The van der Waals surface area contributed by atoms with Crippen molar-refractivity contribution in [1.29, 1.82) is 0 Å². The lowest BCUT2D eigenvalue weighted by atomic mass is 9.75. The Hall–Kier alpha value is -1.71. The van der Waals surface area contributed by atoms with Crippen LogP contribution in [0.25, 0.3) is 0 Å². The van der Waals surface area contributed by atoms with Crippen LogP contribution in [0.5, 0.6) is 0 Å². The Kier molecular flexibility index (Phi) is 3.22. The molecule has 0 amide bonds. The highest BCUT2D eigenvalue weighted by Gasteiger charge is 2.36. The van der Waals surface area contributed by atoms with Gasteiger partial charge in [0.1, 0.15) is 11.6 Å². The van der Waals surface area contributed by atoms with Gasteiger partial charge in [-0.25, -0.2) is 4.39 Å². The van der Waals surface area contributed by atoms with E-state index in [1.165, 1.54) is 6.07 Å². The Balaban J connectivity index is 2.35. The van der Waals surface area contributed by atoms with Crippen molar-refractivity contribution in [2.75, 3.05) is 0 Å². The van der Waals surface area contributed by atoms with Gasteiger partial charge in [-0.2, -0.15) is 0 Å². The molecule has 2 atom stereocenters. The molecule has 0 spiro atoms. The molecule has 0 saturated heterocycles. The molecule has 1 aromatic rings. The van der Waals surface area contributed by atoms with Crippen molar-refractivity contribution in [2.45, 2.75) is 25.2 Å². The largest absolute Gasteiger partial charge is 0.481 e. The summed E-state index contributed by atoms with van der Waals surface area (Å²) in [5, 5.41) is 9.11. The van der Waals surface area contributed by atoms with E-state index in [1.54, 1.807) is 18.2 Å². The van der Waals surface area contributed by atoms with Crippen LogP contribution >= 0.6 is 0 Å². The van der Waals surface area contributed by atoms with Crippen molar-refractivity contribution >= 4 is 11.8 Å². The molecule has 0 unspecified atom stereocenters. The van der Waals surface area contributed by atoms with Crippen LogP contribution in [0.2, 0.25) is 0 Å². The summed E-state index contributed by atoms with van der Waals surface area (Å²) in [4.78, 5) is 22.5. The first kappa shape index (κ1) is 11.8. The molecule has 90 valence electrons. The maximum atomic E-state index is 13.6. The highest BCUT2D eigenvalue weighted by atomic mass is 19.1. The monoisotopic (exact) mass is 236 g/mol. The van der Waals surface area contributed by atoms with Crippen molar-refractivity contribution in [3.63, 3.8) is 0 Å². The van der Waals surface area contributed by atoms with E-state index in [4.69, 9.17) is 5.11 Å². The minimum absolute atomic E-state index is 0.00996. The van der Waals surface area contributed by atoms with Gasteiger partial charge in [0.25, 0.3) is 0 Å². The average Bonchev–Trinajstić information content (AvgIpc) is 2.29. The van der Waals surface area contributed by atoms with Gasteiger partial charge < -0.3 is 5.11 Å². The van der Waals surface area contributed by atoms with Gasteiger partial charge in [-0.1, -0.05) is 18.2 Å². The Morgan fingerprint density at radius 1 is 1.35 bits per heavy atom. The second kappa shape index (κ2) is 4.65. The Morgan fingerprint density at radius 3 is 2.71 bits per heavy atom. The summed E-state index contributed by atoms with van der Waals surface area (Å²) in [7, 11) is 0. The van der Waals surface area contributed by atoms with Crippen LogP contribution in [0.1, 0.15) is 30.7 Å². The lowest BCUT2D eigenvalue weighted by Crippen LogP contribution is -2.29. The number of ketones is 1. The molecule has 1 N–H and O–H groups in total. The van der Waals surface area contributed by atoms with Gasteiger partial charge >= 0.3 is 5.97 Å². The van der Waals surface area contributed by atoms with Crippen molar-refractivity contribution in [3.05, 3.63) is 35.6 Å². The maximum Gasteiger partial charge on any atom is 0.307 e. The first-order valence-corrected chi connectivity index (χ1v) is 5.58. The van der Waals surface area contributed by atoms with E-state index in [0.717, 1.165) is 0 Å². The van der Waals surface area contributed by atoms with Gasteiger partial charge in [-0.3, -0.25) is 9.59 Å². The van der Waals surface area contributed by atoms with Gasteiger partial charge in [0.15, 0.2) is 0 Å². The number of halogens is 1. The number of benzene rings is 1. The number of hydrogen-bond acceptors (Lipinski definition) is 2. The van der Waals surface area contributed by atoms with Crippen molar-refractivity contribution in [3.8, 4) is 0 Å². The lowest BCUT2D eigenvalue weighted by Gasteiger charge is -2.28. The summed E-state index contributed by atoms with van der Waals surface area (Å²) >= 11 is 0. The standard InChI is InChI=1S/C13H13FO3/c14-12-4-2-1-3-9(12)11-7-8(15)5-6-10(11)13(16)17/h1-4,10-11H,5-7H2,(H,16,17)/t10-,11+/m1/s1. The summed E-state index contributed by atoms with van der Waals surface area (Å²) in [6.45, 7) is 0. The number of carboxylic acids is 1. The number of carbonyl (C=O) groups excluding carboxylic acids is 1. The molecule has 1 saturated carbocycles. The highest BCUT2D eigenvalue weighted by Crippen LogP contribution is 2.37. The molecule has 0 heterocycles. The second-order valence-electron chi connectivity index (χ2n) is 4.35. The molecule has 1 aromatic carbocycles. The van der Waals surface area contributed by atoms with Crippen molar-refractivity contribution < 1.29 is 19.1 Å². The maximum absolute atomic E-state index is 13.6. The molecule has 1 fully saturated rings. The van der Waals surface area contributed by atoms with E-state index in [9.17, 15) is 14.0 Å². The fraction of sp³-hybridized carbons (Fsp3) is 0.385. The third kappa shape index (κ3) is 2.35. The molecule has 0 aromatic heterocycles. The molecular formula is C13H13FO3. The van der Waals surface area contributed by atoms with Gasteiger partial charge in [-0.15, -0.1) is 0 Å². The molecule has 3 nitrogen and oxygen atoms in total. The van der Waals surface area contributed by atoms with Gasteiger partial charge in [-0.05, 0) is 18.1 Å². The smallest absolute Gasteiger partial charge is 0.307 e. The quantitative estimate of drug-likeness (QED) is 0.857. The molecule has 1 aliphatic carbocycles. The van der Waals surface area contributed by atoms with Crippen LogP contribution < -0.4 is 0 Å². The fourth-order valence-electron chi connectivity index (χ4n) is 2.41. The third-order valence-electron chi connectivity index (χ3n) is 3.29. The molecule has 0 bridgehead atoms. The van der Waals surface area contributed by atoms with E-state index in [1.807, 2.05) is 0 Å². The van der Waals surface area contributed by atoms with Gasteiger partial charge in [0.2, 0.25) is 0 Å². The van der Waals surface area contributed by atoms with Crippen LogP contribution in [0.15, 0.2) is 24.3 Å². The van der Waals surface area contributed by atoms with E-state index in [-0.39, 0.29) is 18.6 Å². The zero-order valence-electron chi connectivity index (χ0n) is 9.23. The SMILES string of the molecule is O=C1CC[C@@H](C(=O)O)[C@H](c2ccccc2F)C1. The van der Waals surface area contributed by atoms with Crippen LogP contribution in [0.3, 0.4) is 0 Å². The van der Waals surface area contributed by atoms with Crippen LogP contribution in [0.4, 0.5) is 4.39 Å². The summed E-state index contributed by atoms with van der Waals surface area (Å²) in [5.41, 5.74) is 0.341. The molecule has 4 heteroatoms. The van der Waals surface area contributed by atoms with E-state index in [2.05, 4.69) is 0 Å². The van der Waals surface area contributed by atoms with E-state index < -0.39 is 23.6 Å². The molecule has 2 rings (SSSR count). The summed E-state index contributed by atoms with van der Waals surface area (Å²) in [5.74, 6) is -2.57. The fourth-order valence-corrected chi connectivity index (χ4v) is 2.41. The molecule has 0 radical (unpaired) electrons. The predicted molar refractivity (Wildman–Crippen MR) is 59.1 cm³/mol. The van der Waals surface area contributed by atoms with Gasteiger partial charge in [0.05, 0.1) is 5.92 Å². The van der Waals surface area contributed by atoms with E-state index >= 15 is 0 Å². The van der Waals surface area contributed by atoms with E-state index in [0.29, 0.717) is 12.0 Å². The summed E-state index contributed by atoms with van der Waals surface area (Å²) in [6, 6.07) is 6.08. The first-order valence-electron chi connectivity index (χ1n) is 5.58. The lowest BCUT2D eigenvalue weighted by molar-refractivity contribution is -0.144. The Morgan fingerprint density at radius 2 is 2.06 bits per heavy atom. The molecule has 17 heavy (non-hydrogen) atoms. The number of hydrogen-bond donors (Lipinski definition) is 1. The normalized spacial score (nSPS) is 24.6. The topological polar surface area (TPSA) is 54.4 Å². The Labute approximate surface area is 98.3 Å². The second-order valence-corrected chi connectivity index (χ2v) is 4.35. The number of carbonyl (C=O) groups is 2. The van der Waals surface area contributed by atoms with Crippen molar-refractivity contribution in [1.82, 2.24) is 0 Å². The first-order chi connectivity index (χ1) is 8.09. The zero-order valence-corrected chi connectivity index (χ0v) is 9.23. The number of Topliss-reactive ketones (excluding diaryl/α,β-unsaturated/α-hetero) is 1. The minimum Gasteiger partial charge on any atom is -0.481 e. The van der Waals surface area contributed by atoms with Crippen LogP contribution in [-0.2, 0) is 9.59 Å². The third-order valence-corrected chi connectivity index (χ3v) is 3.29. The number of carboxylic acid groups (broad SMARTS) is 1. The molecule has 0 aliphatic heterocycles. The number of aliphatic carboxylic acids is 1. The molecular weight excluding hydrogens is 223 g/mol. The van der Waals surface area contributed by atoms with Crippen LogP contribution in [-0.4, -0.2) is 16.9 Å². The van der Waals surface area contributed by atoms with Gasteiger partial charge in [0, 0.05) is 18.8 Å². The van der Waals surface area contributed by atoms with Crippen molar-refractivity contribution in [2.24, 2.45) is 5.92 Å². The summed E-state index contributed by atoms with van der Waals surface area (Å²) < 4.78 is 13.6. The molecule has 1 aliphatic rings. The highest BCUT2D eigenvalue weighted by molar-refractivity contribution is 5.83. The minimum atomic E-state index is -0.953. The van der Waals surface area contributed by atoms with Crippen LogP contribution in [0, 0.1) is 11.7 Å². The Bertz CT molecular complexity index is 456. The average molecular weight is 236 g/mol. The zero-order chi connectivity index (χ0) is 12.4. The predicted octanol–water partition coefficient (Wildman–Crippen LogP) is 2.36. The number of rotatable bonds is 2.